The second-order valence-corrected chi connectivity index (χ2v) is 5.01. The first-order chi connectivity index (χ1) is 7.60. The molecule has 0 amide bonds. The second-order valence-electron chi connectivity index (χ2n) is 3.12. The summed E-state index contributed by atoms with van der Waals surface area (Å²) < 4.78 is 24.0. The smallest absolute Gasteiger partial charge is 0.225 e. The van der Waals surface area contributed by atoms with Crippen LogP contribution in [0.1, 0.15) is 0 Å². The second kappa shape index (κ2) is 3.90. The van der Waals surface area contributed by atoms with Crippen molar-refractivity contribution in [1.82, 2.24) is 9.97 Å². The number of sulfone groups is 1. The van der Waals surface area contributed by atoms with Crippen LogP contribution in [0, 0.1) is 0 Å². The summed E-state index contributed by atoms with van der Waals surface area (Å²) in [6.45, 7) is 0. The number of rotatable bonds is 2. The fraction of sp³-hybridized carbons (Fsp3) is 0. The lowest BCUT2D eigenvalue weighted by Gasteiger charge is -2.02. The van der Waals surface area contributed by atoms with Gasteiger partial charge in [-0.3, -0.25) is 4.98 Å². The van der Waals surface area contributed by atoms with Gasteiger partial charge in [-0.2, -0.15) is 0 Å². The van der Waals surface area contributed by atoms with Gasteiger partial charge in [0.2, 0.25) is 9.84 Å². The van der Waals surface area contributed by atoms with E-state index in [2.05, 4.69) is 9.97 Å². The van der Waals surface area contributed by atoms with Gasteiger partial charge in [-0.1, -0.05) is 0 Å². The molecule has 2 N–H and O–H groups in total. The normalized spacial score (nSPS) is 11.2. The average Bonchev–Trinajstić information content (AvgIpc) is 2.31. The Morgan fingerprint density at radius 3 is 2.31 bits per heavy atom. The van der Waals surface area contributed by atoms with Gasteiger partial charge in [0, 0.05) is 18.1 Å². The molecule has 0 fully saturated rings. The van der Waals surface area contributed by atoms with E-state index >= 15 is 0 Å². The van der Waals surface area contributed by atoms with Crippen LogP contribution < -0.4 is 5.73 Å². The van der Waals surface area contributed by atoms with Crippen LogP contribution in [0.2, 0.25) is 0 Å². The molecule has 2 aromatic rings. The van der Waals surface area contributed by atoms with Crippen molar-refractivity contribution in [2.24, 2.45) is 0 Å². The number of anilines is 1. The van der Waals surface area contributed by atoms with Crippen molar-refractivity contribution in [2.75, 3.05) is 5.73 Å². The van der Waals surface area contributed by atoms with E-state index in [0.717, 1.165) is 0 Å². The van der Waals surface area contributed by atoms with Gasteiger partial charge in [0.25, 0.3) is 0 Å². The van der Waals surface area contributed by atoms with Crippen LogP contribution >= 0.6 is 0 Å². The van der Waals surface area contributed by atoms with E-state index in [1.807, 2.05) is 0 Å². The average molecular weight is 235 g/mol. The van der Waals surface area contributed by atoms with Gasteiger partial charge < -0.3 is 5.73 Å². The third-order valence-electron chi connectivity index (χ3n) is 2.01. The Bertz CT molecular complexity index is 579. The van der Waals surface area contributed by atoms with E-state index in [-0.39, 0.29) is 9.92 Å². The van der Waals surface area contributed by atoms with E-state index in [4.69, 9.17) is 5.73 Å². The van der Waals surface area contributed by atoms with Crippen molar-refractivity contribution in [3.05, 3.63) is 42.9 Å². The van der Waals surface area contributed by atoms with Gasteiger partial charge in [-0.25, -0.2) is 13.4 Å². The molecule has 0 bridgehead atoms. The third-order valence-corrected chi connectivity index (χ3v) is 3.66. The fourth-order valence-electron chi connectivity index (χ4n) is 1.19. The van der Waals surface area contributed by atoms with Gasteiger partial charge in [0.05, 0.1) is 11.1 Å². The van der Waals surface area contributed by atoms with Crippen molar-refractivity contribution < 1.29 is 8.42 Å². The number of hydrogen-bond acceptors (Lipinski definition) is 5. The summed E-state index contributed by atoms with van der Waals surface area (Å²) in [6.07, 6.45) is 3.97. The molecule has 0 aliphatic rings. The molecule has 2 rings (SSSR count). The van der Waals surface area contributed by atoms with Gasteiger partial charge in [-0.15, -0.1) is 0 Å². The standard InChI is InChI=1S/C10H9N3O2S/c11-8-1-3-9(4-2-8)16(14,15)10-7-12-5-6-13-10/h1-7H,11H2. The van der Waals surface area contributed by atoms with Crippen LogP contribution in [-0.4, -0.2) is 18.4 Å². The molecule has 16 heavy (non-hydrogen) atoms. The molecule has 1 heterocycles. The lowest BCUT2D eigenvalue weighted by atomic mass is 10.3. The Labute approximate surface area is 92.9 Å². The number of nitrogens with two attached hydrogens (primary N) is 1. The number of nitrogens with zero attached hydrogens (tertiary/aromatic N) is 2. The lowest BCUT2D eigenvalue weighted by molar-refractivity contribution is 0.591. The quantitative estimate of drug-likeness (QED) is 0.781. The molecular formula is C10H9N3O2S. The topological polar surface area (TPSA) is 85.9 Å². The lowest BCUT2D eigenvalue weighted by Crippen LogP contribution is -2.04. The molecule has 0 saturated carbocycles. The highest BCUT2D eigenvalue weighted by atomic mass is 32.2. The van der Waals surface area contributed by atoms with Crippen LogP contribution in [0.4, 0.5) is 5.69 Å². The van der Waals surface area contributed by atoms with Gasteiger partial charge in [-0.05, 0) is 24.3 Å². The Hall–Kier alpha value is -1.95. The monoisotopic (exact) mass is 235 g/mol. The Balaban J connectivity index is 2.52. The first-order valence-electron chi connectivity index (χ1n) is 4.47. The van der Waals surface area contributed by atoms with Gasteiger partial charge in [0.1, 0.15) is 0 Å². The Morgan fingerprint density at radius 2 is 1.75 bits per heavy atom. The summed E-state index contributed by atoms with van der Waals surface area (Å²) in [7, 11) is -3.58. The third kappa shape index (κ3) is 1.87. The minimum Gasteiger partial charge on any atom is -0.399 e. The molecule has 0 aliphatic heterocycles. The highest BCUT2D eigenvalue weighted by Crippen LogP contribution is 2.18. The predicted octanol–water partition coefficient (Wildman–Crippen LogP) is 0.892. The molecule has 5 nitrogen and oxygen atoms in total. The molecule has 0 saturated heterocycles. The molecule has 0 unspecified atom stereocenters. The zero-order valence-electron chi connectivity index (χ0n) is 8.24. The maximum Gasteiger partial charge on any atom is 0.225 e. The van der Waals surface area contributed by atoms with Crippen molar-refractivity contribution in [1.29, 1.82) is 0 Å². The van der Waals surface area contributed by atoms with E-state index in [0.29, 0.717) is 5.69 Å². The number of nitrogen functional groups attached to an aromatic ring is 1. The van der Waals surface area contributed by atoms with Crippen LogP contribution in [0.5, 0.6) is 0 Å². The number of benzene rings is 1. The van der Waals surface area contributed by atoms with Crippen molar-refractivity contribution >= 4 is 15.5 Å². The minimum atomic E-state index is -3.58. The largest absolute Gasteiger partial charge is 0.399 e. The molecule has 0 atom stereocenters. The molecule has 0 spiro atoms. The van der Waals surface area contributed by atoms with E-state index in [1.54, 1.807) is 0 Å². The molecule has 6 heteroatoms. The molecular weight excluding hydrogens is 226 g/mol. The summed E-state index contributed by atoms with van der Waals surface area (Å²) in [5.74, 6) is 0. The molecule has 82 valence electrons. The summed E-state index contributed by atoms with van der Waals surface area (Å²) in [5.41, 5.74) is 6.00. The number of hydrogen-bond donors (Lipinski definition) is 1. The van der Waals surface area contributed by atoms with Crippen molar-refractivity contribution in [3.8, 4) is 0 Å². The van der Waals surface area contributed by atoms with Crippen molar-refractivity contribution in [3.63, 3.8) is 0 Å². The minimum absolute atomic E-state index is 0.0697. The van der Waals surface area contributed by atoms with Gasteiger partial charge >= 0.3 is 0 Å². The summed E-state index contributed by atoms with van der Waals surface area (Å²) in [5, 5.41) is -0.0697. The highest BCUT2D eigenvalue weighted by molar-refractivity contribution is 7.91. The highest BCUT2D eigenvalue weighted by Gasteiger charge is 2.18. The summed E-state index contributed by atoms with van der Waals surface area (Å²) >= 11 is 0. The first kappa shape index (κ1) is 10.6. The molecule has 0 radical (unpaired) electrons. The Morgan fingerprint density at radius 1 is 1.06 bits per heavy atom. The van der Waals surface area contributed by atoms with E-state index in [1.165, 1.54) is 42.9 Å². The first-order valence-corrected chi connectivity index (χ1v) is 5.95. The van der Waals surface area contributed by atoms with E-state index in [9.17, 15) is 8.42 Å². The SMILES string of the molecule is Nc1ccc(S(=O)(=O)c2cnccn2)cc1. The van der Waals surface area contributed by atoms with Crippen LogP contribution in [0.15, 0.2) is 52.8 Å². The maximum atomic E-state index is 12.0. The van der Waals surface area contributed by atoms with Crippen LogP contribution in [0.3, 0.4) is 0 Å². The summed E-state index contributed by atoms with van der Waals surface area (Å²) in [6, 6.07) is 5.95. The molecule has 1 aromatic carbocycles. The summed E-state index contributed by atoms with van der Waals surface area (Å²) in [4.78, 5) is 7.65. The molecule has 1 aromatic heterocycles. The zero-order chi connectivity index (χ0) is 11.6. The maximum absolute atomic E-state index is 12.0. The zero-order valence-corrected chi connectivity index (χ0v) is 9.05. The predicted molar refractivity (Wildman–Crippen MR) is 58.3 cm³/mol. The van der Waals surface area contributed by atoms with Crippen LogP contribution in [0.25, 0.3) is 0 Å². The fourth-order valence-corrected chi connectivity index (χ4v) is 2.33. The van der Waals surface area contributed by atoms with Crippen molar-refractivity contribution in [2.45, 2.75) is 9.92 Å². The van der Waals surface area contributed by atoms with E-state index < -0.39 is 9.84 Å². The number of aromatic nitrogens is 2. The van der Waals surface area contributed by atoms with Crippen LogP contribution in [-0.2, 0) is 9.84 Å². The Kier molecular flexibility index (Phi) is 2.57. The van der Waals surface area contributed by atoms with Gasteiger partial charge in [0.15, 0.2) is 5.03 Å². The molecule has 0 aliphatic carbocycles.